The van der Waals surface area contributed by atoms with E-state index in [-0.39, 0.29) is 30.9 Å². The van der Waals surface area contributed by atoms with Gasteiger partial charge in [0, 0.05) is 31.1 Å². The molecule has 2 aromatic rings. The first-order valence-electron chi connectivity index (χ1n) is 11.1. The topological polar surface area (TPSA) is 52.6 Å². The maximum absolute atomic E-state index is 14.9. The van der Waals surface area contributed by atoms with Gasteiger partial charge in [-0.2, -0.15) is 13.2 Å². The van der Waals surface area contributed by atoms with E-state index < -0.39 is 35.5 Å². The van der Waals surface area contributed by atoms with Gasteiger partial charge in [0.05, 0.1) is 17.3 Å². The number of hydrogen-bond donors (Lipinski definition) is 2. The molecule has 2 atom stereocenters. The molecule has 4 nitrogen and oxygen atoms in total. The molecule has 33 heavy (non-hydrogen) atoms. The van der Waals surface area contributed by atoms with E-state index >= 15 is 0 Å². The summed E-state index contributed by atoms with van der Waals surface area (Å²) >= 11 is 0. The average molecular weight is 467 g/mol. The number of Topliss-reactive ketones (excluding diaryl/α,β-unsaturated/α-hetero) is 1. The molecule has 3 rings (SSSR count). The molecule has 8 heteroatoms. The molecular formula is C25H30F4N2O2. The molecular weight excluding hydrogens is 436 g/mol. The normalized spacial score (nSPS) is 18.8. The van der Waals surface area contributed by atoms with Crippen molar-refractivity contribution >= 4 is 5.78 Å². The number of piperidine rings is 1. The van der Waals surface area contributed by atoms with E-state index in [0.717, 1.165) is 12.1 Å². The minimum Gasteiger partial charge on any atom is -0.385 e. The minimum atomic E-state index is -4.49. The van der Waals surface area contributed by atoms with Crippen molar-refractivity contribution in [2.24, 2.45) is 0 Å². The fraction of sp³-hybridized carbons (Fsp3) is 0.480. The molecule has 0 bridgehead atoms. The van der Waals surface area contributed by atoms with Crippen LogP contribution in [0.25, 0.3) is 0 Å². The third-order valence-corrected chi connectivity index (χ3v) is 6.09. The Balaban J connectivity index is 1.69. The number of nitrogens with one attached hydrogen (secondary N) is 1. The van der Waals surface area contributed by atoms with Gasteiger partial charge in [0.25, 0.3) is 0 Å². The van der Waals surface area contributed by atoms with Gasteiger partial charge in [-0.05, 0) is 44.4 Å². The van der Waals surface area contributed by atoms with E-state index in [4.69, 9.17) is 0 Å². The van der Waals surface area contributed by atoms with E-state index in [9.17, 15) is 27.5 Å². The van der Waals surface area contributed by atoms with Crippen LogP contribution < -0.4 is 5.32 Å². The lowest BCUT2D eigenvalue weighted by molar-refractivity contribution is -0.137. The Morgan fingerprint density at radius 1 is 1.09 bits per heavy atom. The molecule has 0 saturated carbocycles. The van der Waals surface area contributed by atoms with Crippen molar-refractivity contribution in [3.8, 4) is 0 Å². The Hall–Kier alpha value is -2.29. The Kier molecular flexibility index (Phi) is 7.92. The number of rotatable bonds is 8. The molecule has 2 N–H and O–H groups in total. The lowest BCUT2D eigenvalue weighted by Gasteiger charge is -2.43. The molecule has 2 unspecified atom stereocenters. The van der Waals surface area contributed by atoms with Crippen molar-refractivity contribution in [3.63, 3.8) is 0 Å². The highest BCUT2D eigenvalue weighted by atomic mass is 19.4. The van der Waals surface area contributed by atoms with Crippen LogP contribution in [0, 0.1) is 0 Å². The smallest absolute Gasteiger partial charge is 0.385 e. The molecule has 0 radical (unpaired) electrons. The van der Waals surface area contributed by atoms with Gasteiger partial charge in [0.15, 0.2) is 12.0 Å². The van der Waals surface area contributed by atoms with Crippen molar-refractivity contribution in [2.75, 3.05) is 13.1 Å². The number of benzene rings is 2. The van der Waals surface area contributed by atoms with Gasteiger partial charge in [-0.1, -0.05) is 42.5 Å². The molecule has 2 aromatic carbocycles. The lowest BCUT2D eigenvalue weighted by Crippen LogP contribution is -2.54. The highest BCUT2D eigenvalue weighted by Crippen LogP contribution is 2.37. The molecule has 1 heterocycles. The zero-order valence-corrected chi connectivity index (χ0v) is 18.8. The summed E-state index contributed by atoms with van der Waals surface area (Å²) < 4.78 is 54.2. The van der Waals surface area contributed by atoms with E-state index in [1.54, 1.807) is 30.3 Å². The van der Waals surface area contributed by atoms with Gasteiger partial charge in [0.1, 0.15) is 0 Å². The largest absolute Gasteiger partial charge is 0.416 e. The van der Waals surface area contributed by atoms with Crippen LogP contribution in [-0.4, -0.2) is 47.3 Å². The fourth-order valence-corrected chi connectivity index (χ4v) is 4.27. The van der Waals surface area contributed by atoms with Crippen LogP contribution in [0.5, 0.6) is 0 Å². The highest BCUT2D eigenvalue weighted by Gasteiger charge is 2.39. The van der Waals surface area contributed by atoms with Crippen LogP contribution in [-0.2, 0) is 11.8 Å². The van der Waals surface area contributed by atoms with Crippen LogP contribution in [0.2, 0.25) is 0 Å². The zero-order chi connectivity index (χ0) is 24.2. The highest BCUT2D eigenvalue weighted by molar-refractivity contribution is 5.99. The molecule has 1 fully saturated rings. The summed E-state index contributed by atoms with van der Waals surface area (Å²) in [4.78, 5) is 14.4. The van der Waals surface area contributed by atoms with Crippen LogP contribution in [0.1, 0.15) is 54.6 Å². The number of hydrogen-bond acceptors (Lipinski definition) is 4. The van der Waals surface area contributed by atoms with Gasteiger partial charge in [-0.3, -0.25) is 15.0 Å². The molecule has 0 amide bonds. The number of aliphatic hydroxyl groups is 1. The monoisotopic (exact) mass is 466 g/mol. The molecule has 0 spiro atoms. The maximum Gasteiger partial charge on any atom is 0.416 e. The summed E-state index contributed by atoms with van der Waals surface area (Å²) in [5, 5.41) is 14.4. The number of halogens is 4. The summed E-state index contributed by atoms with van der Waals surface area (Å²) in [5.41, 5.74) is -1.65. The molecule has 0 aromatic heterocycles. The predicted octanol–water partition coefficient (Wildman–Crippen LogP) is 4.92. The van der Waals surface area contributed by atoms with Crippen molar-refractivity contribution in [1.29, 1.82) is 0 Å². The second-order valence-electron chi connectivity index (χ2n) is 8.92. The number of carbonyl (C=O) groups is 1. The van der Waals surface area contributed by atoms with Gasteiger partial charge in [-0.25, -0.2) is 4.39 Å². The van der Waals surface area contributed by atoms with Gasteiger partial charge >= 0.3 is 6.18 Å². The first-order chi connectivity index (χ1) is 15.5. The van der Waals surface area contributed by atoms with Crippen molar-refractivity contribution in [2.45, 2.75) is 63.3 Å². The number of nitrogens with zero attached hydrogens (tertiary/aromatic N) is 1. The molecule has 1 aliphatic rings. The second-order valence-corrected chi connectivity index (χ2v) is 8.92. The summed E-state index contributed by atoms with van der Waals surface area (Å²) in [6.07, 6.45) is -6.29. The summed E-state index contributed by atoms with van der Waals surface area (Å²) in [7, 11) is 0. The van der Waals surface area contributed by atoms with E-state index in [1.807, 2.05) is 18.7 Å². The van der Waals surface area contributed by atoms with Gasteiger partial charge < -0.3 is 5.11 Å². The van der Waals surface area contributed by atoms with Crippen molar-refractivity contribution in [3.05, 3.63) is 71.3 Å². The Bertz CT molecular complexity index is 926. The third kappa shape index (κ3) is 6.40. The Labute approximate surface area is 191 Å². The standard InChI is InChI=1S/C25H30F4N2O2/c1-17(2)30-22(16-21(26)23(32)18-7-4-3-5-8-18)31-13-11-24(33,12-14-31)19-9-6-10-20(15-19)25(27,28)29/h3-10,15,17,21-22,30,33H,11-14,16H2,1-2H3. The third-order valence-electron chi connectivity index (χ3n) is 6.09. The van der Waals surface area contributed by atoms with E-state index in [0.29, 0.717) is 18.7 Å². The Morgan fingerprint density at radius 2 is 1.73 bits per heavy atom. The quantitative estimate of drug-likeness (QED) is 0.428. The van der Waals surface area contributed by atoms with Crippen molar-refractivity contribution in [1.82, 2.24) is 10.2 Å². The van der Waals surface area contributed by atoms with Crippen molar-refractivity contribution < 1.29 is 27.5 Å². The zero-order valence-electron chi connectivity index (χ0n) is 18.8. The lowest BCUT2D eigenvalue weighted by atomic mass is 9.83. The summed E-state index contributed by atoms with van der Waals surface area (Å²) in [5.74, 6) is -0.580. The van der Waals surface area contributed by atoms with Gasteiger partial charge in [-0.15, -0.1) is 0 Å². The molecule has 0 aliphatic carbocycles. The fourth-order valence-electron chi connectivity index (χ4n) is 4.27. The molecule has 180 valence electrons. The van der Waals surface area contributed by atoms with E-state index in [1.165, 1.54) is 12.1 Å². The Morgan fingerprint density at radius 3 is 2.30 bits per heavy atom. The van der Waals surface area contributed by atoms with Crippen LogP contribution in [0.15, 0.2) is 54.6 Å². The van der Waals surface area contributed by atoms with Crippen LogP contribution >= 0.6 is 0 Å². The number of likely N-dealkylation sites (tertiary alicyclic amines) is 1. The van der Waals surface area contributed by atoms with Crippen LogP contribution in [0.3, 0.4) is 0 Å². The number of ketones is 1. The summed E-state index contributed by atoms with van der Waals surface area (Å²) in [6, 6.07) is 13.1. The second kappa shape index (κ2) is 10.3. The minimum absolute atomic E-state index is 0.0262. The van der Waals surface area contributed by atoms with E-state index in [2.05, 4.69) is 5.32 Å². The number of carbonyl (C=O) groups excluding carboxylic acids is 1. The van der Waals surface area contributed by atoms with Crippen LogP contribution in [0.4, 0.5) is 17.6 Å². The average Bonchev–Trinajstić information content (AvgIpc) is 2.78. The maximum atomic E-state index is 14.9. The van der Waals surface area contributed by atoms with Gasteiger partial charge in [0.2, 0.25) is 0 Å². The first kappa shape index (κ1) is 25.3. The molecule has 1 saturated heterocycles. The number of alkyl halides is 4. The predicted molar refractivity (Wildman–Crippen MR) is 118 cm³/mol. The summed E-state index contributed by atoms with van der Waals surface area (Å²) in [6.45, 7) is 4.54. The first-order valence-corrected chi connectivity index (χ1v) is 11.1. The molecule has 1 aliphatic heterocycles. The SMILES string of the molecule is CC(C)NC(CC(F)C(=O)c1ccccc1)N1CCC(O)(c2cccc(C(F)(F)F)c2)CC1.